The van der Waals surface area contributed by atoms with Crippen LogP contribution in [-0.4, -0.2) is 69.2 Å². The molecule has 23 heavy (non-hydrogen) atoms. The van der Waals surface area contributed by atoms with Gasteiger partial charge in [-0.3, -0.25) is 14.5 Å². The predicted octanol–water partition coefficient (Wildman–Crippen LogP) is 0.660. The molecule has 2 aliphatic heterocycles. The van der Waals surface area contributed by atoms with Gasteiger partial charge in [-0.2, -0.15) is 16.9 Å². The SMILES string of the molecule is Cc1nn(C)c(=O)c(C(=O)N2CCN(C3CCSC3)CC2)c1C. The molecule has 0 aliphatic carbocycles. The third kappa shape index (κ3) is 3.17. The molecule has 1 unspecified atom stereocenters. The normalized spacial score (nSPS) is 22.6. The Bertz CT molecular complexity index is 659. The van der Waals surface area contributed by atoms with Crippen molar-refractivity contribution in [1.82, 2.24) is 19.6 Å². The number of hydrogen-bond acceptors (Lipinski definition) is 5. The van der Waals surface area contributed by atoms with Crippen molar-refractivity contribution < 1.29 is 4.79 Å². The minimum Gasteiger partial charge on any atom is -0.336 e. The van der Waals surface area contributed by atoms with Gasteiger partial charge in [-0.15, -0.1) is 0 Å². The van der Waals surface area contributed by atoms with Crippen molar-refractivity contribution in [3.63, 3.8) is 0 Å². The van der Waals surface area contributed by atoms with E-state index in [1.165, 1.54) is 22.6 Å². The van der Waals surface area contributed by atoms with E-state index in [-0.39, 0.29) is 17.0 Å². The number of amides is 1. The second-order valence-electron chi connectivity index (χ2n) is 6.36. The molecule has 1 atom stereocenters. The van der Waals surface area contributed by atoms with E-state index in [0.29, 0.717) is 24.7 Å². The molecule has 1 amide bonds. The molecule has 0 aromatic carbocycles. The molecular formula is C16H24N4O2S. The second kappa shape index (κ2) is 6.65. The minimum atomic E-state index is -0.298. The average Bonchev–Trinajstić information content (AvgIpc) is 3.08. The summed E-state index contributed by atoms with van der Waals surface area (Å²) in [6.45, 7) is 6.85. The molecule has 126 valence electrons. The maximum absolute atomic E-state index is 12.8. The maximum Gasteiger partial charge on any atom is 0.279 e. The van der Waals surface area contributed by atoms with E-state index in [9.17, 15) is 9.59 Å². The number of carbonyl (C=O) groups is 1. The fraction of sp³-hybridized carbons (Fsp3) is 0.688. The van der Waals surface area contributed by atoms with Crippen molar-refractivity contribution in [2.75, 3.05) is 37.7 Å². The number of thioether (sulfide) groups is 1. The van der Waals surface area contributed by atoms with Gasteiger partial charge in [0.25, 0.3) is 11.5 Å². The Morgan fingerprint density at radius 3 is 2.52 bits per heavy atom. The van der Waals surface area contributed by atoms with Gasteiger partial charge < -0.3 is 4.90 Å². The zero-order valence-corrected chi connectivity index (χ0v) is 14.9. The van der Waals surface area contributed by atoms with Crippen LogP contribution in [0.15, 0.2) is 4.79 Å². The molecule has 1 aromatic rings. The van der Waals surface area contributed by atoms with Crippen molar-refractivity contribution in [3.05, 3.63) is 27.2 Å². The molecule has 2 aliphatic rings. The highest BCUT2D eigenvalue weighted by Gasteiger charge is 2.30. The van der Waals surface area contributed by atoms with Crippen LogP contribution in [0, 0.1) is 13.8 Å². The quantitative estimate of drug-likeness (QED) is 0.794. The first kappa shape index (κ1) is 16.5. The Labute approximate surface area is 140 Å². The summed E-state index contributed by atoms with van der Waals surface area (Å²) in [7, 11) is 1.60. The van der Waals surface area contributed by atoms with Crippen LogP contribution in [0.5, 0.6) is 0 Å². The van der Waals surface area contributed by atoms with E-state index in [2.05, 4.69) is 10.00 Å². The van der Waals surface area contributed by atoms with Crippen LogP contribution < -0.4 is 5.56 Å². The van der Waals surface area contributed by atoms with Crippen molar-refractivity contribution in [2.45, 2.75) is 26.3 Å². The largest absolute Gasteiger partial charge is 0.336 e. The predicted molar refractivity (Wildman–Crippen MR) is 92.2 cm³/mol. The Balaban J connectivity index is 1.74. The number of carbonyl (C=O) groups excluding carboxylic acids is 1. The molecule has 2 saturated heterocycles. The highest BCUT2D eigenvalue weighted by Crippen LogP contribution is 2.23. The molecule has 3 rings (SSSR count). The van der Waals surface area contributed by atoms with Crippen LogP contribution in [0.1, 0.15) is 28.0 Å². The van der Waals surface area contributed by atoms with E-state index in [4.69, 9.17) is 0 Å². The summed E-state index contributed by atoms with van der Waals surface area (Å²) in [4.78, 5) is 29.5. The van der Waals surface area contributed by atoms with Crippen LogP contribution in [0.2, 0.25) is 0 Å². The van der Waals surface area contributed by atoms with Gasteiger partial charge >= 0.3 is 0 Å². The van der Waals surface area contributed by atoms with E-state index in [0.717, 1.165) is 18.8 Å². The van der Waals surface area contributed by atoms with Crippen LogP contribution in [0.25, 0.3) is 0 Å². The zero-order valence-electron chi connectivity index (χ0n) is 14.0. The highest BCUT2D eigenvalue weighted by atomic mass is 32.2. The van der Waals surface area contributed by atoms with Crippen molar-refractivity contribution >= 4 is 17.7 Å². The standard InChI is InChI=1S/C16H24N4O2S/c1-11-12(2)17-18(3)15(21)14(11)16(22)20-7-5-19(6-8-20)13-4-9-23-10-13/h13H,4-10H2,1-3H3. The maximum atomic E-state index is 12.8. The second-order valence-corrected chi connectivity index (χ2v) is 7.51. The monoisotopic (exact) mass is 336 g/mol. The number of rotatable bonds is 2. The molecule has 0 spiro atoms. The first-order valence-electron chi connectivity index (χ1n) is 8.14. The lowest BCUT2D eigenvalue weighted by atomic mass is 10.1. The molecule has 7 heteroatoms. The molecule has 6 nitrogen and oxygen atoms in total. The fourth-order valence-electron chi connectivity index (χ4n) is 3.36. The van der Waals surface area contributed by atoms with Crippen molar-refractivity contribution in [3.8, 4) is 0 Å². The van der Waals surface area contributed by atoms with Gasteiger partial charge in [-0.25, -0.2) is 4.68 Å². The van der Waals surface area contributed by atoms with E-state index in [1.807, 2.05) is 30.5 Å². The Morgan fingerprint density at radius 2 is 1.91 bits per heavy atom. The van der Waals surface area contributed by atoms with Gasteiger partial charge in [0, 0.05) is 45.0 Å². The summed E-state index contributed by atoms with van der Waals surface area (Å²) in [5, 5.41) is 4.15. The smallest absolute Gasteiger partial charge is 0.279 e. The van der Waals surface area contributed by atoms with Gasteiger partial charge in [-0.1, -0.05) is 0 Å². The molecule has 2 fully saturated rings. The number of aryl methyl sites for hydroxylation is 2. The molecule has 1 aromatic heterocycles. The van der Waals surface area contributed by atoms with E-state index >= 15 is 0 Å². The van der Waals surface area contributed by atoms with Gasteiger partial charge in [0.15, 0.2) is 0 Å². The molecular weight excluding hydrogens is 312 g/mol. The Kier molecular flexibility index (Phi) is 4.77. The lowest BCUT2D eigenvalue weighted by Gasteiger charge is -2.37. The van der Waals surface area contributed by atoms with Crippen molar-refractivity contribution in [2.24, 2.45) is 7.05 Å². The van der Waals surface area contributed by atoms with Crippen LogP contribution in [-0.2, 0) is 7.05 Å². The third-order valence-electron chi connectivity index (χ3n) is 4.96. The Hall–Kier alpha value is -1.34. The van der Waals surface area contributed by atoms with Crippen LogP contribution in [0.4, 0.5) is 0 Å². The number of hydrogen-bond donors (Lipinski definition) is 0. The van der Waals surface area contributed by atoms with E-state index < -0.39 is 0 Å². The highest BCUT2D eigenvalue weighted by molar-refractivity contribution is 7.99. The summed E-state index contributed by atoms with van der Waals surface area (Å²) in [6.07, 6.45) is 1.25. The molecule has 0 radical (unpaired) electrons. The summed E-state index contributed by atoms with van der Waals surface area (Å²) in [6, 6.07) is 0.662. The minimum absolute atomic E-state index is 0.144. The zero-order chi connectivity index (χ0) is 16.6. The molecule has 0 N–H and O–H groups in total. The Morgan fingerprint density at radius 1 is 1.22 bits per heavy atom. The lowest BCUT2D eigenvalue weighted by molar-refractivity contribution is 0.0585. The third-order valence-corrected chi connectivity index (χ3v) is 6.11. The van der Waals surface area contributed by atoms with Gasteiger partial charge in [0.05, 0.1) is 5.69 Å². The summed E-state index contributed by atoms with van der Waals surface area (Å²) < 4.78 is 1.27. The summed E-state index contributed by atoms with van der Waals surface area (Å²) >= 11 is 2.01. The number of nitrogens with zero attached hydrogens (tertiary/aromatic N) is 4. The van der Waals surface area contributed by atoms with Gasteiger partial charge in [-0.05, 0) is 31.6 Å². The molecule has 3 heterocycles. The van der Waals surface area contributed by atoms with Gasteiger partial charge in [0.2, 0.25) is 0 Å². The van der Waals surface area contributed by atoms with Crippen LogP contribution in [0.3, 0.4) is 0 Å². The molecule has 0 bridgehead atoms. The average molecular weight is 336 g/mol. The topological polar surface area (TPSA) is 58.4 Å². The van der Waals surface area contributed by atoms with E-state index in [1.54, 1.807) is 7.05 Å². The first-order valence-corrected chi connectivity index (χ1v) is 9.30. The fourth-order valence-corrected chi connectivity index (χ4v) is 4.61. The van der Waals surface area contributed by atoms with Crippen LogP contribution >= 0.6 is 11.8 Å². The first-order chi connectivity index (χ1) is 11.0. The number of aromatic nitrogens is 2. The summed E-state index contributed by atoms with van der Waals surface area (Å²) in [5.74, 6) is 2.31. The summed E-state index contributed by atoms with van der Waals surface area (Å²) in [5.41, 5.74) is 1.42. The van der Waals surface area contributed by atoms with Crippen molar-refractivity contribution in [1.29, 1.82) is 0 Å². The lowest BCUT2D eigenvalue weighted by Crippen LogP contribution is -2.53. The number of piperazine rings is 1. The van der Waals surface area contributed by atoms with Gasteiger partial charge in [0.1, 0.15) is 5.56 Å². The molecule has 0 saturated carbocycles.